The summed E-state index contributed by atoms with van der Waals surface area (Å²) in [5.41, 5.74) is 0. The molecule has 9 heteroatoms. The van der Waals surface area contributed by atoms with Crippen LogP contribution in [0.3, 0.4) is 0 Å². The molecule has 0 rings (SSSR count). The van der Waals surface area contributed by atoms with Crippen molar-refractivity contribution in [3.63, 3.8) is 0 Å². The van der Waals surface area contributed by atoms with Crippen molar-refractivity contribution in [2.24, 2.45) is 5.92 Å². The molecular weight excluding hydrogens is 285 g/mol. The van der Waals surface area contributed by atoms with E-state index < -0.39 is 36.3 Å². The summed E-state index contributed by atoms with van der Waals surface area (Å²) in [6.07, 6.45) is -8.41. The molecule has 0 N–H and O–H groups in total. The van der Waals surface area contributed by atoms with E-state index in [1.165, 1.54) is 6.92 Å². The Balaban J connectivity index is 5.15. The summed E-state index contributed by atoms with van der Waals surface area (Å²) in [4.78, 5) is 11.1. The fraction of sp³-hybridized carbons (Fsp3) is 0.900. The number of alkyl halides is 7. The fourth-order valence-corrected chi connectivity index (χ4v) is 1.46. The molecule has 0 amide bonds. The van der Waals surface area contributed by atoms with Crippen LogP contribution < -0.4 is 0 Å². The standard InChI is InChI=1S/C10H13F7O2/c1-3-4-6(7(18)19-2)5-8(11,12)9(13,14)10(15,16)17/h6H,3-5H2,1-2H3. The number of methoxy groups -OCH3 is 1. The van der Waals surface area contributed by atoms with Crippen LogP contribution in [0, 0.1) is 5.92 Å². The molecule has 1 unspecified atom stereocenters. The normalized spacial score (nSPS) is 15.2. The third-order valence-corrected chi connectivity index (χ3v) is 2.49. The number of carbonyl (C=O) groups is 1. The summed E-state index contributed by atoms with van der Waals surface area (Å²) in [6.45, 7) is 1.47. The zero-order valence-corrected chi connectivity index (χ0v) is 10.2. The molecule has 0 bridgehead atoms. The van der Waals surface area contributed by atoms with E-state index in [1.807, 2.05) is 0 Å². The van der Waals surface area contributed by atoms with Gasteiger partial charge in [0.15, 0.2) is 0 Å². The lowest BCUT2D eigenvalue weighted by Crippen LogP contribution is -2.53. The maximum Gasteiger partial charge on any atom is 0.459 e. The molecule has 0 radical (unpaired) electrons. The Morgan fingerprint density at radius 3 is 1.89 bits per heavy atom. The minimum absolute atomic E-state index is 0.160. The molecule has 0 aromatic heterocycles. The molecule has 0 saturated carbocycles. The van der Waals surface area contributed by atoms with E-state index in [2.05, 4.69) is 4.74 Å². The molecular formula is C10H13F7O2. The van der Waals surface area contributed by atoms with Gasteiger partial charge in [-0.25, -0.2) is 0 Å². The highest BCUT2D eigenvalue weighted by molar-refractivity contribution is 5.72. The van der Waals surface area contributed by atoms with E-state index in [-0.39, 0.29) is 12.8 Å². The van der Waals surface area contributed by atoms with Crippen LogP contribution in [0.15, 0.2) is 0 Å². The van der Waals surface area contributed by atoms with Gasteiger partial charge in [0.2, 0.25) is 0 Å². The van der Waals surface area contributed by atoms with Crippen LogP contribution in [-0.2, 0) is 9.53 Å². The van der Waals surface area contributed by atoms with Gasteiger partial charge in [-0.1, -0.05) is 13.3 Å². The molecule has 0 aliphatic heterocycles. The Labute approximate surface area is 104 Å². The first-order chi connectivity index (χ1) is 8.40. The number of halogens is 7. The average molecular weight is 298 g/mol. The summed E-state index contributed by atoms with van der Waals surface area (Å²) in [6, 6.07) is 0. The molecule has 0 aromatic carbocycles. The van der Waals surface area contributed by atoms with Gasteiger partial charge in [0, 0.05) is 6.42 Å². The smallest absolute Gasteiger partial charge is 0.459 e. The lowest BCUT2D eigenvalue weighted by Gasteiger charge is -2.30. The maximum absolute atomic E-state index is 13.1. The molecule has 0 saturated heterocycles. The highest BCUT2D eigenvalue weighted by Crippen LogP contribution is 2.49. The molecule has 0 aliphatic carbocycles. The van der Waals surface area contributed by atoms with Crippen LogP contribution in [0.2, 0.25) is 0 Å². The van der Waals surface area contributed by atoms with Gasteiger partial charge in [0.25, 0.3) is 0 Å². The Hall–Kier alpha value is -1.02. The van der Waals surface area contributed by atoms with Crippen LogP contribution in [0.4, 0.5) is 30.7 Å². The summed E-state index contributed by atoms with van der Waals surface area (Å²) in [5, 5.41) is 0. The molecule has 0 heterocycles. The van der Waals surface area contributed by atoms with Crippen molar-refractivity contribution in [3.8, 4) is 0 Å². The molecule has 19 heavy (non-hydrogen) atoms. The van der Waals surface area contributed by atoms with E-state index in [4.69, 9.17) is 0 Å². The van der Waals surface area contributed by atoms with Crippen molar-refractivity contribution in [3.05, 3.63) is 0 Å². The van der Waals surface area contributed by atoms with E-state index in [0.29, 0.717) is 0 Å². The topological polar surface area (TPSA) is 26.3 Å². The van der Waals surface area contributed by atoms with Crippen molar-refractivity contribution >= 4 is 5.97 Å². The summed E-state index contributed by atoms with van der Waals surface area (Å²) in [7, 11) is 0.838. The minimum atomic E-state index is -6.39. The molecule has 0 aromatic rings. The van der Waals surface area contributed by atoms with Crippen molar-refractivity contribution in [2.45, 2.75) is 44.2 Å². The summed E-state index contributed by atoms with van der Waals surface area (Å²) < 4.78 is 91.3. The second-order valence-corrected chi connectivity index (χ2v) is 3.99. The molecule has 1 atom stereocenters. The largest absolute Gasteiger partial charge is 0.469 e. The van der Waals surface area contributed by atoms with Gasteiger partial charge < -0.3 is 4.74 Å². The fourth-order valence-electron chi connectivity index (χ4n) is 1.46. The number of rotatable bonds is 6. The van der Waals surface area contributed by atoms with E-state index in [0.717, 1.165) is 7.11 Å². The van der Waals surface area contributed by atoms with Gasteiger partial charge >= 0.3 is 24.0 Å². The number of hydrogen-bond acceptors (Lipinski definition) is 2. The molecule has 2 nitrogen and oxygen atoms in total. The van der Waals surface area contributed by atoms with Crippen LogP contribution in [0.25, 0.3) is 0 Å². The van der Waals surface area contributed by atoms with Crippen molar-refractivity contribution in [1.82, 2.24) is 0 Å². The van der Waals surface area contributed by atoms with Crippen LogP contribution in [-0.4, -0.2) is 31.1 Å². The lowest BCUT2D eigenvalue weighted by atomic mass is 9.93. The van der Waals surface area contributed by atoms with Gasteiger partial charge in [-0.15, -0.1) is 0 Å². The Kier molecular flexibility index (Phi) is 5.64. The summed E-state index contributed by atoms with van der Waals surface area (Å²) in [5.74, 6) is -14.5. The van der Waals surface area contributed by atoms with Crippen molar-refractivity contribution in [2.75, 3.05) is 7.11 Å². The van der Waals surface area contributed by atoms with Gasteiger partial charge in [-0.3, -0.25) is 4.79 Å². The SMILES string of the molecule is CCCC(CC(F)(F)C(F)(F)C(F)(F)F)C(=O)OC. The van der Waals surface area contributed by atoms with Gasteiger partial charge in [-0.05, 0) is 6.42 Å². The number of carbonyl (C=O) groups excluding carboxylic acids is 1. The predicted octanol–water partition coefficient (Wildman–Crippen LogP) is 3.80. The Morgan fingerprint density at radius 2 is 1.58 bits per heavy atom. The van der Waals surface area contributed by atoms with E-state index in [1.54, 1.807) is 0 Å². The Bertz CT molecular complexity index is 311. The first-order valence-corrected chi connectivity index (χ1v) is 5.31. The molecule has 0 fully saturated rings. The molecule has 114 valence electrons. The average Bonchev–Trinajstić information content (AvgIpc) is 2.25. The van der Waals surface area contributed by atoms with E-state index >= 15 is 0 Å². The second-order valence-electron chi connectivity index (χ2n) is 3.99. The van der Waals surface area contributed by atoms with Gasteiger partial charge in [0.05, 0.1) is 13.0 Å². The van der Waals surface area contributed by atoms with Crippen LogP contribution in [0.5, 0.6) is 0 Å². The molecule has 0 aliphatic rings. The highest BCUT2D eigenvalue weighted by Gasteiger charge is 2.73. The zero-order valence-electron chi connectivity index (χ0n) is 10.2. The number of hydrogen-bond donors (Lipinski definition) is 0. The highest BCUT2D eigenvalue weighted by atomic mass is 19.4. The van der Waals surface area contributed by atoms with Crippen molar-refractivity contribution in [1.29, 1.82) is 0 Å². The Morgan fingerprint density at radius 1 is 1.11 bits per heavy atom. The van der Waals surface area contributed by atoms with Gasteiger partial charge in [0.1, 0.15) is 0 Å². The van der Waals surface area contributed by atoms with E-state index in [9.17, 15) is 35.5 Å². The summed E-state index contributed by atoms with van der Waals surface area (Å²) >= 11 is 0. The molecule has 0 spiro atoms. The lowest BCUT2D eigenvalue weighted by molar-refractivity contribution is -0.357. The third kappa shape index (κ3) is 3.97. The zero-order chi connectivity index (χ0) is 15.5. The predicted molar refractivity (Wildman–Crippen MR) is 51.0 cm³/mol. The van der Waals surface area contributed by atoms with Gasteiger partial charge in [-0.2, -0.15) is 30.7 Å². The third-order valence-electron chi connectivity index (χ3n) is 2.49. The minimum Gasteiger partial charge on any atom is -0.469 e. The van der Waals surface area contributed by atoms with Crippen LogP contribution >= 0.6 is 0 Å². The number of ether oxygens (including phenoxy) is 1. The number of esters is 1. The van der Waals surface area contributed by atoms with Crippen LogP contribution in [0.1, 0.15) is 26.2 Å². The first kappa shape index (κ1) is 18.0. The quantitative estimate of drug-likeness (QED) is 0.551. The maximum atomic E-state index is 13.1. The van der Waals surface area contributed by atoms with Crippen molar-refractivity contribution < 1.29 is 40.3 Å². The monoisotopic (exact) mass is 298 g/mol. The first-order valence-electron chi connectivity index (χ1n) is 5.31. The second kappa shape index (κ2) is 5.96.